The lowest BCUT2D eigenvalue weighted by Crippen LogP contribution is -2.32. The Morgan fingerprint density at radius 3 is 2.00 bits per heavy atom. The SMILES string of the molecule is CCC(Oc1ccc(-c2ccccc2)cc1)C(=O)Nc1cccc(NC(=O)C(C)(C)C)c1. The van der Waals surface area contributed by atoms with Gasteiger partial charge < -0.3 is 15.4 Å². The summed E-state index contributed by atoms with van der Waals surface area (Å²) in [5.74, 6) is 0.312. The minimum atomic E-state index is -0.634. The van der Waals surface area contributed by atoms with Crippen molar-refractivity contribution in [3.63, 3.8) is 0 Å². The van der Waals surface area contributed by atoms with E-state index in [0.717, 1.165) is 11.1 Å². The lowest BCUT2D eigenvalue weighted by molar-refractivity contribution is -0.123. The van der Waals surface area contributed by atoms with Crippen LogP contribution in [-0.4, -0.2) is 17.9 Å². The maximum absolute atomic E-state index is 12.8. The standard InChI is InChI=1S/C27H30N2O3/c1-5-24(32-23-16-14-20(15-17-23)19-10-7-6-8-11-19)25(30)28-21-12-9-13-22(18-21)29-26(31)27(2,3)4/h6-18,24H,5H2,1-4H3,(H,28,30)(H,29,31). The molecule has 3 aromatic rings. The second-order valence-corrected chi connectivity index (χ2v) is 8.68. The van der Waals surface area contributed by atoms with Crippen LogP contribution in [-0.2, 0) is 9.59 Å². The first-order valence-electron chi connectivity index (χ1n) is 10.8. The lowest BCUT2D eigenvalue weighted by atomic mass is 9.95. The molecule has 3 aromatic carbocycles. The predicted octanol–water partition coefficient (Wildman–Crippen LogP) is 6.13. The van der Waals surface area contributed by atoms with Gasteiger partial charge in [-0.15, -0.1) is 0 Å². The van der Waals surface area contributed by atoms with Gasteiger partial charge in [-0.25, -0.2) is 0 Å². The quantitative estimate of drug-likeness (QED) is 0.473. The molecule has 0 fully saturated rings. The second kappa shape index (κ2) is 10.1. The molecule has 1 unspecified atom stereocenters. The Morgan fingerprint density at radius 1 is 0.812 bits per heavy atom. The molecule has 3 rings (SSSR count). The molecule has 0 radical (unpaired) electrons. The maximum Gasteiger partial charge on any atom is 0.265 e. The van der Waals surface area contributed by atoms with Gasteiger partial charge in [0.2, 0.25) is 5.91 Å². The van der Waals surface area contributed by atoms with Gasteiger partial charge in [0.05, 0.1) is 0 Å². The van der Waals surface area contributed by atoms with E-state index in [1.807, 2.05) is 70.2 Å². The van der Waals surface area contributed by atoms with Crippen molar-refractivity contribution in [2.45, 2.75) is 40.2 Å². The Labute approximate surface area is 189 Å². The summed E-state index contributed by atoms with van der Waals surface area (Å²) in [5, 5.41) is 5.76. The first-order chi connectivity index (χ1) is 15.3. The Kier molecular flexibility index (Phi) is 7.31. The summed E-state index contributed by atoms with van der Waals surface area (Å²) in [6.45, 7) is 7.46. The van der Waals surface area contributed by atoms with E-state index >= 15 is 0 Å². The van der Waals surface area contributed by atoms with Crippen LogP contribution in [0.2, 0.25) is 0 Å². The van der Waals surface area contributed by atoms with Crippen LogP contribution in [0, 0.1) is 5.41 Å². The first kappa shape index (κ1) is 23.1. The zero-order chi connectivity index (χ0) is 23.1. The highest BCUT2D eigenvalue weighted by molar-refractivity contribution is 5.97. The van der Waals surface area contributed by atoms with Crippen molar-refractivity contribution in [2.24, 2.45) is 5.41 Å². The number of benzene rings is 3. The minimum absolute atomic E-state index is 0.0882. The number of hydrogen-bond donors (Lipinski definition) is 2. The van der Waals surface area contributed by atoms with Crippen LogP contribution in [0.3, 0.4) is 0 Å². The molecule has 0 aliphatic heterocycles. The van der Waals surface area contributed by atoms with E-state index in [1.165, 1.54) is 0 Å². The third-order valence-corrected chi connectivity index (χ3v) is 4.97. The van der Waals surface area contributed by atoms with Crippen LogP contribution in [0.1, 0.15) is 34.1 Å². The van der Waals surface area contributed by atoms with Crippen molar-refractivity contribution in [1.29, 1.82) is 0 Å². The molecule has 0 aliphatic carbocycles. The molecule has 0 saturated heterocycles. The molecule has 0 bridgehead atoms. The largest absolute Gasteiger partial charge is 0.481 e. The minimum Gasteiger partial charge on any atom is -0.481 e. The number of carbonyl (C=O) groups excluding carboxylic acids is 2. The number of carbonyl (C=O) groups is 2. The number of rotatable bonds is 7. The highest BCUT2D eigenvalue weighted by Crippen LogP contribution is 2.24. The van der Waals surface area contributed by atoms with Crippen LogP contribution < -0.4 is 15.4 Å². The number of amides is 2. The van der Waals surface area contributed by atoms with Crippen LogP contribution in [0.15, 0.2) is 78.9 Å². The second-order valence-electron chi connectivity index (χ2n) is 8.68. The number of anilines is 2. The van der Waals surface area contributed by atoms with E-state index < -0.39 is 11.5 Å². The topological polar surface area (TPSA) is 67.4 Å². The zero-order valence-electron chi connectivity index (χ0n) is 19.0. The molecule has 5 heteroatoms. The summed E-state index contributed by atoms with van der Waals surface area (Å²) in [7, 11) is 0. The molecule has 0 aliphatic rings. The average Bonchev–Trinajstić information content (AvgIpc) is 2.78. The van der Waals surface area contributed by atoms with Crippen molar-refractivity contribution in [3.8, 4) is 16.9 Å². The lowest BCUT2D eigenvalue weighted by Gasteiger charge is -2.19. The zero-order valence-corrected chi connectivity index (χ0v) is 19.0. The molecular formula is C27H30N2O3. The summed E-state index contributed by atoms with van der Waals surface area (Å²) in [6, 6.07) is 24.9. The molecule has 32 heavy (non-hydrogen) atoms. The van der Waals surface area contributed by atoms with Gasteiger partial charge in [0.15, 0.2) is 6.10 Å². The van der Waals surface area contributed by atoms with Gasteiger partial charge in [-0.3, -0.25) is 9.59 Å². The van der Waals surface area contributed by atoms with Crippen molar-refractivity contribution in [2.75, 3.05) is 10.6 Å². The Bertz CT molecular complexity index is 1050. The van der Waals surface area contributed by atoms with Crippen molar-refractivity contribution in [3.05, 3.63) is 78.9 Å². The van der Waals surface area contributed by atoms with E-state index in [0.29, 0.717) is 23.5 Å². The van der Waals surface area contributed by atoms with E-state index in [2.05, 4.69) is 22.8 Å². The summed E-state index contributed by atoms with van der Waals surface area (Å²) in [6.07, 6.45) is -0.113. The van der Waals surface area contributed by atoms with Crippen LogP contribution >= 0.6 is 0 Å². The van der Waals surface area contributed by atoms with Crippen molar-refractivity contribution < 1.29 is 14.3 Å². The molecule has 0 spiro atoms. The van der Waals surface area contributed by atoms with Gasteiger partial charge in [-0.1, -0.05) is 76.2 Å². The molecule has 166 valence electrons. The molecule has 5 nitrogen and oxygen atoms in total. The Balaban J connectivity index is 1.64. The van der Waals surface area contributed by atoms with E-state index in [9.17, 15) is 9.59 Å². The molecule has 1 atom stereocenters. The molecule has 0 aromatic heterocycles. The number of hydrogen-bond acceptors (Lipinski definition) is 3. The molecule has 0 saturated carbocycles. The first-order valence-corrected chi connectivity index (χ1v) is 10.8. The van der Waals surface area contributed by atoms with Gasteiger partial charge in [-0.05, 0) is 47.9 Å². The maximum atomic E-state index is 12.8. The summed E-state index contributed by atoms with van der Waals surface area (Å²) >= 11 is 0. The summed E-state index contributed by atoms with van der Waals surface area (Å²) in [5.41, 5.74) is 2.94. The average molecular weight is 431 g/mol. The van der Waals surface area contributed by atoms with E-state index in [1.54, 1.807) is 24.3 Å². The van der Waals surface area contributed by atoms with Gasteiger partial charge in [-0.2, -0.15) is 0 Å². The van der Waals surface area contributed by atoms with Gasteiger partial charge in [0.1, 0.15) is 5.75 Å². The fourth-order valence-electron chi connectivity index (χ4n) is 3.06. The third-order valence-electron chi connectivity index (χ3n) is 4.97. The molecule has 0 heterocycles. The van der Waals surface area contributed by atoms with Gasteiger partial charge in [0.25, 0.3) is 5.91 Å². The van der Waals surface area contributed by atoms with Gasteiger partial charge in [0, 0.05) is 16.8 Å². The number of nitrogens with one attached hydrogen (secondary N) is 2. The fraction of sp³-hybridized carbons (Fsp3) is 0.259. The van der Waals surface area contributed by atoms with Crippen LogP contribution in [0.5, 0.6) is 5.75 Å². The van der Waals surface area contributed by atoms with Crippen LogP contribution in [0.25, 0.3) is 11.1 Å². The van der Waals surface area contributed by atoms with Crippen molar-refractivity contribution in [1.82, 2.24) is 0 Å². The fourth-order valence-corrected chi connectivity index (χ4v) is 3.06. The van der Waals surface area contributed by atoms with Crippen LogP contribution in [0.4, 0.5) is 11.4 Å². The monoisotopic (exact) mass is 430 g/mol. The highest BCUT2D eigenvalue weighted by Gasteiger charge is 2.22. The predicted molar refractivity (Wildman–Crippen MR) is 130 cm³/mol. The van der Waals surface area contributed by atoms with E-state index in [-0.39, 0.29) is 11.8 Å². The number of ether oxygens (including phenoxy) is 1. The summed E-state index contributed by atoms with van der Waals surface area (Å²) < 4.78 is 5.95. The Morgan fingerprint density at radius 2 is 1.41 bits per heavy atom. The molecular weight excluding hydrogens is 400 g/mol. The van der Waals surface area contributed by atoms with E-state index in [4.69, 9.17) is 4.74 Å². The highest BCUT2D eigenvalue weighted by atomic mass is 16.5. The molecule has 2 N–H and O–H groups in total. The smallest absolute Gasteiger partial charge is 0.265 e. The third kappa shape index (κ3) is 6.20. The van der Waals surface area contributed by atoms with Gasteiger partial charge >= 0.3 is 0 Å². The normalized spacial score (nSPS) is 12.0. The van der Waals surface area contributed by atoms with Crippen molar-refractivity contribution >= 4 is 23.2 Å². The Hall–Kier alpha value is -3.60. The molecule has 2 amide bonds. The summed E-state index contributed by atoms with van der Waals surface area (Å²) in [4.78, 5) is 25.0.